The number of carbonyl (C=O) groups is 1. The third kappa shape index (κ3) is 4.84. The molecule has 2 aliphatic heterocycles. The van der Waals surface area contributed by atoms with E-state index in [4.69, 9.17) is 0 Å². The topological polar surface area (TPSA) is 61.4 Å². The van der Waals surface area contributed by atoms with E-state index in [9.17, 15) is 9.90 Å². The largest absolute Gasteiger partial charge is 0.378 e. The summed E-state index contributed by atoms with van der Waals surface area (Å²) in [6, 6.07) is 29.2. The molecule has 5 nitrogen and oxygen atoms in total. The minimum absolute atomic E-state index is 0.182. The molecule has 210 valence electrons. The maximum atomic E-state index is 13.1. The van der Waals surface area contributed by atoms with Crippen LogP contribution in [0.4, 0.5) is 4.79 Å². The van der Waals surface area contributed by atoms with E-state index in [1.165, 1.54) is 43.1 Å². The van der Waals surface area contributed by atoms with E-state index in [1.807, 2.05) is 67.6 Å². The van der Waals surface area contributed by atoms with Gasteiger partial charge in [-0.2, -0.15) is 0 Å². The van der Waals surface area contributed by atoms with Gasteiger partial charge in [-0.1, -0.05) is 84.9 Å². The number of nitrogens with zero attached hydrogens (tertiary/aromatic N) is 1. The Bertz CT molecular complexity index is 1230. The fourth-order valence-corrected chi connectivity index (χ4v) is 8.13. The lowest BCUT2D eigenvalue weighted by atomic mass is 9.81. The van der Waals surface area contributed by atoms with E-state index in [0.717, 1.165) is 29.9 Å². The van der Waals surface area contributed by atoms with E-state index < -0.39 is 11.6 Å². The molecular weight excluding hydrogens is 494 g/mol. The number of hydrogen-bond acceptors (Lipinski definition) is 2. The second-order valence-electron chi connectivity index (χ2n) is 12.7. The first-order chi connectivity index (χ1) is 19.4. The molecule has 3 N–H and O–H groups in total. The van der Waals surface area contributed by atoms with Gasteiger partial charge >= 0.3 is 6.03 Å². The van der Waals surface area contributed by atoms with Crippen molar-refractivity contribution in [1.29, 1.82) is 0 Å². The smallest absolute Gasteiger partial charge is 0.315 e. The molecule has 1 saturated heterocycles. The van der Waals surface area contributed by atoms with Crippen LogP contribution < -0.4 is 10.6 Å². The normalized spacial score (nSPS) is 28.1. The Labute approximate surface area is 239 Å². The lowest BCUT2D eigenvalue weighted by molar-refractivity contribution is -0.948. The highest BCUT2D eigenvalue weighted by molar-refractivity contribution is 5.75. The molecule has 0 spiro atoms. The van der Waals surface area contributed by atoms with E-state index in [1.54, 1.807) is 11.1 Å². The molecule has 2 amide bonds. The molecule has 3 aromatic carbocycles. The van der Waals surface area contributed by atoms with Crippen molar-refractivity contribution in [2.24, 2.45) is 5.92 Å². The lowest BCUT2D eigenvalue weighted by Gasteiger charge is -2.38. The van der Waals surface area contributed by atoms with Crippen molar-refractivity contribution >= 4 is 6.03 Å². The average Bonchev–Trinajstić information content (AvgIpc) is 3.45. The Morgan fingerprint density at radius 2 is 1.32 bits per heavy atom. The Morgan fingerprint density at radius 3 is 1.85 bits per heavy atom. The van der Waals surface area contributed by atoms with Crippen LogP contribution in [-0.4, -0.2) is 41.3 Å². The van der Waals surface area contributed by atoms with E-state index in [2.05, 4.69) is 41.9 Å². The monoisotopic (exact) mass is 538 g/mol. The number of quaternary nitrogens is 1. The van der Waals surface area contributed by atoms with Crippen LogP contribution in [-0.2, 0) is 5.60 Å². The van der Waals surface area contributed by atoms with Crippen LogP contribution in [0.15, 0.2) is 84.9 Å². The summed E-state index contributed by atoms with van der Waals surface area (Å²) in [6.45, 7) is 3.13. The van der Waals surface area contributed by atoms with Crippen molar-refractivity contribution < 1.29 is 14.4 Å². The van der Waals surface area contributed by atoms with Crippen LogP contribution in [0.2, 0.25) is 0 Å². The fourth-order valence-electron chi connectivity index (χ4n) is 8.13. The van der Waals surface area contributed by atoms with Gasteiger partial charge in [-0.05, 0) is 56.1 Å². The molecule has 1 aliphatic carbocycles. The van der Waals surface area contributed by atoms with Gasteiger partial charge < -0.3 is 20.2 Å². The fraction of sp³-hybridized carbons (Fsp3) is 0.457. The highest BCUT2D eigenvalue weighted by Gasteiger charge is 2.54. The number of hydrogen-bond donors (Lipinski definition) is 3. The summed E-state index contributed by atoms with van der Waals surface area (Å²) in [6.07, 6.45) is 8.30. The SMILES string of the molecule is C[C@@H](NC(=O)NC1CCC(CC[N+]2(C)[C@@H]3CC[C@H]2c2ccccc23)CC1)C(O)(c1ccccc1)c1ccccc1. The van der Waals surface area contributed by atoms with Crippen molar-refractivity contribution in [1.82, 2.24) is 10.6 Å². The summed E-state index contributed by atoms with van der Waals surface area (Å²) in [5.74, 6) is 0.736. The van der Waals surface area contributed by atoms with Gasteiger partial charge in [0.1, 0.15) is 17.7 Å². The van der Waals surface area contributed by atoms with Gasteiger partial charge in [0.25, 0.3) is 0 Å². The summed E-state index contributed by atoms with van der Waals surface area (Å²) in [5.41, 5.74) is 3.40. The summed E-state index contributed by atoms with van der Waals surface area (Å²) in [5, 5.41) is 18.2. The molecule has 0 radical (unpaired) electrons. The number of urea groups is 1. The Balaban J connectivity index is 1.01. The zero-order valence-electron chi connectivity index (χ0n) is 23.9. The molecule has 3 aromatic rings. The van der Waals surface area contributed by atoms with Gasteiger partial charge in [-0.15, -0.1) is 0 Å². The molecule has 2 bridgehead atoms. The Morgan fingerprint density at radius 1 is 0.825 bits per heavy atom. The highest BCUT2D eigenvalue weighted by atomic mass is 16.3. The third-order valence-corrected chi connectivity index (χ3v) is 10.5. The van der Waals surface area contributed by atoms with Crippen molar-refractivity contribution in [3.05, 3.63) is 107 Å². The van der Waals surface area contributed by atoms with Gasteiger partial charge in [0.05, 0.1) is 19.6 Å². The van der Waals surface area contributed by atoms with Crippen LogP contribution in [0.5, 0.6) is 0 Å². The summed E-state index contributed by atoms with van der Waals surface area (Å²) in [7, 11) is 2.49. The molecule has 5 heteroatoms. The molecule has 4 atom stereocenters. The van der Waals surface area contributed by atoms with Gasteiger partial charge in [-0.3, -0.25) is 0 Å². The van der Waals surface area contributed by atoms with Gasteiger partial charge in [0.15, 0.2) is 0 Å². The molecular formula is C35H44N3O2+. The highest BCUT2D eigenvalue weighted by Crippen LogP contribution is 2.57. The van der Waals surface area contributed by atoms with Crippen molar-refractivity contribution in [3.63, 3.8) is 0 Å². The van der Waals surface area contributed by atoms with Gasteiger partial charge in [-0.25, -0.2) is 4.79 Å². The zero-order chi connectivity index (χ0) is 27.7. The van der Waals surface area contributed by atoms with Crippen LogP contribution in [0.1, 0.15) is 86.2 Å². The minimum atomic E-state index is -1.33. The standard InChI is InChI=1S/C35H43N3O2/c1-25(35(40,27-11-5-3-6-12-27)28-13-7-4-8-14-28)36-34(39)37-29-19-17-26(18-20-29)23-24-38(2)32-21-22-33(38)31-16-10-9-15-30(31)32/h3-16,25-26,29,32-33,40H,17-24H2,1-2H3,(H-,36,37,39)/p+1/t25-,26?,29?,32-,33+,38?/m1/s1. The molecule has 1 saturated carbocycles. The molecule has 3 aliphatic rings. The second kappa shape index (κ2) is 11.0. The van der Waals surface area contributed by atoms with Crippen molar-refractivity contribution in [2.45, 2.75) is 81.6 Å². The van der Waals surface area contributed by atoms with Gasteiger partial charge in [0, 0.05) is 30.0 Å². The average molecular weight is 539 g/mol. The number of nitrogens with one attached hydrogen (secondary N) is 2. The van der Waals surface area contributed by atoms with E-state index in [0.29, 0.717) is 12.1 Å². The van der Waals surface area contributed by atoms with Crippen molar-refractivity contribution in [3.8, 4) is 0 Å². The first-order valence-electron chi connectivity index (χ1n) is 15.2. The molecule has 1 unspecified atom stereocenters. The first-order valence-corrected chi connectivity index (χ1v) is 15.2. The predicted octanol–water partition coefficient (Wildman–Crippen LogP) is 6.60. The number of aliphatic hydroxyl groups is 1. The predicted molar refractivity (Wildman–Crippen MR) is 160 cm³/mol. The summed E-state index contributed by atoms with van der Waals surface area (Å²) >= 11 is 0. The number of rotatable bonds is 8. The number of fused-ring (bicyclic) bond motifs is 5. The van der Waals surface area contributed by atoms with Gasteiger partial charge in [0.2, 0.25) is 0 Å². The lowest BCUT2D eigenvalue weighted by Crippen LogP contribution is -2.54. The van der Waals surface area contributed by atoms with E-state index in [-0.39, 0.29) is 12.1 Å². The number of benzene rings is 3. The van der Waals surface area contributed by atoms with E-state index >= 15 is 0 Å². The van der Waals surface area contributed by atoms with Crippen LogP contribution >= 0.6 is 0 Å². The molecule has 2 heterocycles. The van der Waals surface area contributed by atoms with Crippen molar-refractivity contribution in [2.75, 3.05) is 13.6 Å². The molecule has 2 fully saturated rings. The molecule has 40 heavy (non-hydrogen) atoms. The quantitative estimate of drug-likeness (QED) is 0.283. The minimum Gasteiger partial charge on any atom is -0.378 e. The number of carbonyl (C=O) groups excluding carboxylic acids is 1. The second-order valence-corrected chi connectivity index (χ2v) is 12.7. The third-order valence-electron chi connectivity index (χ3n) is 10.5. The Kier molecular flexibility index (Phi) is 7.45. The van der Waals surface area contributed by atoms with Crippen LogP contribution in [0, 0.1) is 5.92 Å². The van der Waals surface area contributed by atoms with Crippen LogP contribution in [0.3, 0.4) is 0 Å². The summed E-state index contributed by atoms with van der Waals surface area (Å²) in [4.78, 5) is 13.1. The summed E-state index contributed by atoms with van der Waals surface area (Å²) < 4.78 is 1.20. The van der Waals surface area contributed by atoms with Crippen LogP contribution in [0.25, 0.3) is 0 Å². The zero-order valence-corrected chi connectivity index (χ0v) is 23.9. The maximum Gasteiger partial charge on any atom is 0.315 e. The molecule has 6 rings (SSSR count). The first kappa shape index (κ1) is 27.0. The Hall–Kier alpha value is -3.15. The molecule has 0 aromatic heterocycles. The maximum absolute atomic E-state index is 13.1. The number of amides is 2.